The maximum atomic E-state index is 12.7. The molecule has 8 heteroatoms. The van der Waals surface area contributed by atoms with Gasteiger partial charge >= 0.3 is 0 Å². The van der Waals surface area contributed by atoms with Crippen LogP contribution in [-0.2, 0) is 4.74 Å². The Morgan fingerprint density at radius 2 is 1.88 bits per heavy atom. The highest BCUT2D eigenvalue weighted by Crippen LogP contribution is 2.19. The lowest BCUT2D eigenvalue weighted by atomic mass is 10.1. The second-order valence-corrected chi connectivity index (χ2v) is 7.85. The van der Waals surface area contributed by atoms with Crippen LogP contribution in [0.25, 0.3) is 0 Å². The molecule has 0 spiro atoms. The van der Waals surface area contributed by atoms with Crippen LogP contribution in [0.3, 0.4) is 0 Å². The predicted molar refractivity (Wildman–Crippen MR) is 128 cm³/mol. The summed E-state index contributed by atoms with van der Waals surface area (Å²) in [6.45, 7) is 4.93. The normalized spacial score (nSPS) is 13.3. The van der Waals surface area contributed by atoms with Crippen molar-refractivity contribution in [2.75, 3.05) is 38.2 Å². The van der Waals surface area contributed by atoms with E-state index in [0.717, 1.165) is 19.3 Å². The van der Waals surface area contributed by atoms with Crippen molar-refractivity contribution in [1.82, 2.24) is 10.2 Å². The minimum absolute atomic E-state index is 0.0546. The molecule has 3 rings (SSSR count). The lowest BCUT2D eigenvalue weighted by Crippen LogP contribution is -2.40. The van der Waals surface area contributed by atoms with Crippen LogP contribution >= 0.6 is 12.2 Å². The van der Waals surface area contributed by atoms with Crippen LogP contribution in [0.5, 0.6) is 5.75 Å². The Kier molecular flexibility index (Phi) is 9.01. The highest BCUT2D eigenvalue weighted by atomic mass is 32.1. The number of hydrogen-bond acceptors (Lipinski definition) is 5. The molecule has 0 aliphatic carbocycles. The molecule has 7 nitrogen and oxygen atoms in total. The number of carbonyl (C=O) groups is 2. The minimum atomic E-state index is -0.353. The van der Waals surface area contributed by atoms with E-state index in [4.69, 9.17) is 21.7 Å². The van der Waals surface area contributed by atoms with Gasteiger partial charge in [0.25, 0.3) is 11.8 Å². The summed E-state index contributed by atoms with van der Waals surface area (Å²) in [5.41, 5.74) is 1.60. The maximum absolute atomic E-state index is 12.7. The number of amides is 2. The first kappa shape index (κ1) is 23.7. The first-order chi connectivity index (χ1) is 15.6. The molecule has 1 fully saturated rings. The molecule has 0 saturated carbocycles. The van der Waals surface area contributed by atoms with E-state index < -0.39 is 0 Å². The lowest BCUT2D eigenvalue weighted by molar-refractivity contribution is 0.0303. The Morgan fingerprint density at radius 3 is 2.66 bits per heavy atom. The van der Waals surface area contributed by atoms with E-state index in [0.29, 0.717) is 55.5 Å². The number of hydrogen-bond donors (Lipinski definition) is 2. The average molecular weight is 456 g/mol. The first-order valence-electron chi connectivity index (χ1n) is 10.9. The van der Waals surface area contributed by atoms with Crippen LogP contribution in [0.2, 0.25) is 0 Å². The van der Waals surface area contributed by atoms with Gasteiger partial charge in [0.15, 0.2) is 5.11 Å². The summed E-state index contributed by atoms with van der Waals surface area (Å²) in [4.78, 5) is 27.2. The van der Waals surface area contributed by atoms with Gasteiger partial charge in [-0.15, -0.1) is 0 Å². The molecule has 0 radical (unpaired) electrons. The molecular weight excluding hydrogens is 426 g/mol. The van der Waals surface area contributed by atoms with Gasteiger partial charge in [-0.05, 0) is 49.0 Å². The van der Waals surface area contributed by atoms with E-state index in [1.165, 1.54) is 0 Å². The molecule has 0 unspecified atom stereocenters. The highest BCUT2D eigenvalue weighted by molar-refractivity contribution is 7.80. The summed E-state index contributed by atoms with van der Waals surface area (Å²) < 4.78 is 11.1. The van der Waals surface area contributed by atoms with E-state index in [1.807, 2.05) is 6.07 Å². The fourth-order valence-corrected chi connectivity index (χ4v) is 3.54. The zero-order valence-corrected chi connectivity index (χ0v) is 19.1. The van der Waals surface area contributed by atoms with Crippen LogP contribution in [0.4, 0.5) is 5.69 Å². The summed E-state index contributed by atoms with van der Waals surface area (Å²) in [6.07, 6.45) is 3.12. The van der Waals surface area contributed by atoms with Gasteiger partial charge in [-0.2, -0.15) is 0 Å². The molecule has 2 N–H and O–H groups in total. The number of nitrogens with one attached hydrogen (secondary N) is 2. The number of carbonyl (C=O) groups excluding carboxylic acids is 2. The van der Waals surface area contributed by atoms with Gasteiger partial charge in [-0.1, -0.05) is 38.0 Å². The van der Waals surface area contributed by atoms with Crippen LogP contribution in [0.1, 0.15) is 46.9 Å². The number of nitrogens with zero attached hydrogens (tertiary/aromatic N) is 1. The molecule has 0 bridgehead atoms. The fraction of sp³-hybridized carbons (Fsp3) is 0.375. The summed E-state index contributed by atoms with van der Waals surface area (Å²) in [7, 11) is 0. The van der Waals surface area contributed by atoms with Gasteiger partial charge in [0.2, 0.25) is 0 Å². The Labute approximate surface area is 194 Å². The quantitative estimate of drug-likeness (QED) is 0.465. The van der Waals surface area contributed by atoms with E-state index in [-0.39, 0.29) is 16.9 Å². The highest BCUT2D eigenvalue weighted by Gasteiger charge is 2.19. The summed E-state index contributed by atoms with van der Waals surface area (Å²) in [5, 5.41) is 5.82. The fourth-order valence-electron chi connectivity index (χ4n) is 3.33. The zero-order chi connectivity index (χ0) is 22.8. The van der Waals surface area contributed by atoms with Crippen molar-refractivity contribution in [2.45, 2.75) is 26.2 Å². The van der Waals surface area contributed by atoms with E-state index in [1.54, 1.807) is 47.4 Å². The van der Waals surface area contributed by atoms with Crippen molar-refractivity contribution >= 4 is 34.8 Å². The summed E-state index contributed by atoms with van der Waals surface area (Å²) in [5.74, 6) is 0.122. The molecule has 1 heterocycles. The molecule has 32 heavy (non-hydrogen) atoms. The van der Waals surface area contributed by atoms with E-state index in [2.05, 4.69) is 17.6 Å². The van der Waals surface area contributed by atoms with Crippen LogP contribution in [0, 0.1) is 0 Å². The molecule has 2 aromatic carbocycles. The van der Waals surface area contributed by atoms with Gasteiger partial charge in [-0.3, -0.25) is 14.9 Å². The topological polar surface area (TPSA) is 79.9 Å². The van der Waals surface area contributed by atoms with Crippen molar-refractivity contribution in [2.24, 2.45) is 0 Å². The Balaban J connectivity index is 1.59. The lowest BCUT2D eigenvalue weighted by Gasteiger charge is -2.27. The third kappa shape index (κ3) is 6.77. The maximum Gasteiger partial charge on any atom is 0.261 e. The molecule has 2 amide bonds. The Bertz CT molecular complexity index is 944. The number of para-hydroxylation sites is 1. The number of ether oxygens (including phenoxy) is 2. The second-order valence-electron chi connectivity index (χ2n) is 7.45. The van der Waals surface area contributed by atoms with Crippen molar-refractivity contribution < 1.29 is 19.1 Å². The average Bonchev–Trinajstić information content (AvgIpc) is 2.82. The molecule has 1 saturated heterocycles. The van der Waals surface area contributed by atoms with E-state index in [9.17, 15) is 9.59 Å². The third-order valence-corrected chi connectivity index (χ3v) is 5.23. The predicted octanol–water partition coefficient (Wildman–Crippen LogP) is 3.85. The number of anilines is 1. The van der Waals surface area contributed by atoms with Crippen molar-refractivity contribution in [3.8, 4) is 5.75 Å². The SMILES string of the molecule is CCCCCOc1ccccc1C(=O)NC(=S)Nc1cccc(C(=O)N2CCOCC2)c1. The number of unbranched alkanes of at least 4 members (excludes halogenated alkanes) is 2. The summed E-state index contributed by atoms with van der Waals surface area (Å²) in [6, 6.07) is 14.1. The van der Waals surface area contributed by atoms with Gasteiger partial charge in [0.1, 0.15) is 5.75 Å². The molecule has 0 atom stereocenters. The van der Waals surface area contributed by atoms with Gasteiger partial charge in [-0.25, -0.2) is 0 Å². The largest absolute Gasteiger partial charge is 0.493 e. The monoisotopic (exact) mass is 455 g/mol. The Morgan fingerprint density at radius 1 is 1.09 bits per heavy atom. The van der Waals surface area contributed by atoms with Crippen molar-refractivity contribution in [1.29, 1.82) is 0 Å². The van der Waals surface area contributed by atoms with Crippen molar-refractivity contribution in [3.05, 3.63) is 59.7 Å². The van der Waals surface area contributed by atoms with Gasteiger partial charge in [0.05, 0.1) is 25.4 Å². The molecule has 1 aliphatic heterocycles. The number of thiocarbonyl (C=S) groups is 1. The smallest absolute Gasteiger partial charge is 0.261 e. The van der Waals surface area contributed by atoms with Gasteiger partial charge < -0.3 is 19.7 Å². The van der Waals surface area contributed by atoms with E-state index >= 15 is 0 Å². The molecular formula is C24H29N3O4S. The number of benzene rings is 2. The van der Waals surface area contributed by atoms with Crippen LogP contribution < -0.4 is 15.4 Å². The molecule has 2 aromatic rings. The summed E-state index contributed by atoms with van der Waals surface area (Å²) >= 11 is 5.32. The van der Waals surface area contributed by atoms with Crippen molar-refractivity contribution in [3.63, 3.8) is 0 Å². The molecule has 0 aromatic heterocycles. The second kappa shape index (κ2) is 12.2. The minimum Gasteiger partial charge on any atom is -0.493 e. The van der Waals surface area contributed by atoms with Gasteiger partial charge in [0, 0.05) is 24.3 Å². The first-order valence-corrected chi connectivity index (χ1v) is 11.3. The standard InChI is InChI=1S/C24H29N3O4S/c1-2-3-6-14-31-21-11-5-4-10-20(21)22(28)26-24(32)25-19-9-7-8-18(17-19)23(29)27-12-15-30-16-13-27/h4-5,7-11,17H,2-3,6,12-16H2,1H3,(H2,25,26,28,32). The number of rotatable bonds is 8. The molecule has 170 valence electrons. The third-order valence-electron chi connectivity index (χ3n) is 5.03. The number of morpholine rings is 1. The molecule has 1 aliphatic rings. The zero-order valence-electron chi connectivity index (χ0n) is 18.3. The Hall–Kier alpha value is -2.97. The van der Waals surface area contributed by atoms with Crippen LogP contribution in [0.15, 0.2) is 48.5 Å². The van der Waals surface area contributed by atoms with Crippen LogP contribution in [-0.4, -0.2) is 54.7 Å².